The molecule has 2 aliphatic rings. The highest BCUT2D eigenvalue weighted by Gasteiger charge is 2.39. The Morgan fingerprint density at radius 2 is 1.86 bits per heavy atom. The molecule has 0 aromatic heterocycles. The topological polar surface area (TPSA) is 86.8 Å². The molecule has 0 spiro atoms. The minimum atomic E-state index is -3.14. The van der Waals surface area contributed by atoms with Crippen LogP contribution in [0.1, 0.15) is 32.6 Å². The van der Waals surface area contributed by atoms with E-state index >= 15 is 0 Å². The number of carbonyl (C=O) groups is 2. The molecule has 0 aliphatic carbocycles. The van der Waals surface area contributed by atoms with Crippen molar-refractivity contribution in [2.75, 3.05) is 25.9 Å². The van der Waals surface area contributed by atoms with Crippen molar-refractivity contribution in [3.63, 3.8) is 0 Å². The van der Waals surface area contributed by atoms with E-state index in [4.69, 9.17) is 0 Å². The van der Waals surface area contributed by atoms with Crippen LogP contribution in [-0.2, 0) is 19.6 Å². The first-order valence-corrected chi connectivity index (χ1v) is 9.23. The van der Waals surface area contributed by atoms with Crippen molar-refractivity contribution in [2.24, 2.45) is 0 Å². The van der Waals surface area contributed by atoms with Crippen molar-refractivity contribution in [2.45, 2.75) is 44.7 Å². The van der Waals surface area contributed by atoms with Crippen LogP contribution in [0, 0.1) is 0 Å². The minimum absolute atomic E-state index is 0.0892. The second kappa shape index (κ2) is 6.41. The van der Waals surface area contributed by atoms with E-state index in [2.05, 4.69) is 5.32 Å². The summed E-state index contributed by atoms with van der Waals surface area (Å²) in [5.41, 5.74) is 0. The number of imide groups is 1. The van der Waals surface area contributed by atoms with Crippen LogP contribution in [0.15, 0.2) is 0 Å². The molecule has 2 heterocycles. The van der Waals surface area contributed by atoms with Gasteiger partial charge in [-0.3, -0.25) is 14.5 Å². The van der Waals surface area contributed by atoms with Gasteiger partial charge in [0, 0.05) is 25.7 Å². The summed E-state index contributed by atoms with van der Waals surface area (Å²) in [6.45, 7) is 3.33. The molecule has 8 heteroatoms. The van der Waals surface area contributed by atoms with Crippen molar-refractivity contribution in [1.29, 1.82) is 0 Å². The third-order valence-electron chi connectivity index (χ3n) is 4.05. The van der Waals surface area contributed by atoms with Crippen molar-refractivity contribution in [3.8, 4) is 0 Å². The van der Waals surface area contributed by atoms with Gasteiger partial charge in [0.1, 0.15) is 0 Å². The summed E-state index contributed by atoms with van der Waals surface area (Å²) in [5, 5.41) is 3.22. The zero-order valence-electron chi connectivity index (χ0n) is 12.5. The Kier molecular flexibility index (Phi) is 5.00. The zero-order chi connectivity index (χ0) is 15.6. The summed E-state index contributed by atoms with van der Waals surface area (Å²) < 4.78 is 24.3. The average Bonchev–Trinajstić information content (AvgIpc) is 2.66. The SMILES string of the molecule is CCCN1C(=O)CC(NC2CCN(S(C)(=O)=O)CC2)C1=O. The molecule has 0 aromatic rings. The second-order valence-corrected chi connectivity index (χ2v) is 7.73. The van der Waals surface area contributed by atoms with E-state index in [0.717, 1.165) is 6.42 Å². The molecule has 1 N–H and O–H groups in total. The van der Waals surface area contributed by atoms with Gasteiger partial charge >= 0.3 is 0 Å². The molecule has 2 aliphatic heterocycles. The first-order valence-electron chi connectivity index (χ1n) is 7.38. The molecule has 21 heavy (non-hydrogen) atoms. The second-order valence-electron chi connectivity index (χ2n) is 5.74. The number of rotatable bonds is 5. The summed E-state index contributed by atoms with van der Waals surface area (Å²) in [7, 11) is -3.14. The van der Waals surface area contributed by atoms with Gasteiger partial charge in [0.25, 0.3) is 0 Å². The van der Waals surface area contributed by atoms with Gasteiger partial charge in [-0.25, -0.2) is 12.7 Å². The van der Waals surface area contributed by atoms with Gasteiger partial charge in [-0.1, -0.05) is 6.92 Å². The lowest BCUT2D eigenvalue weighted by Crippen LogP contribution is -2.49. The molecule has 7 nitrogen and oxygen atoms in total. The molecule has 1 atom stereocenters. The van der Waals surface area contributed by atoms with Gasteiger partial charge in [0.2, 0.25) is 21.8 Å². The summed E-state index contributed by atoms with van der Waals surface area (Å²) in [6.07, 6.45) is 3.52. The Morgan fingerprint density at radius 3 is 2.38 bits per heavy atom. The maximum absolute atomic E-state index is 12.1. The molecule has 120 valence electrons. The number of amides is 2. The summed E-state index contributed by atoms with van der Waals surface area (Å²) in [6, 6.07) is -0.356. The third kappa shape index (κ3) is 3.81. The normalized spacial score (nSPS) is 25.8. The van der Waals surface area contributed by atoms with Gasteiger partial charge in [0.15, 0.2) is 0 Å². The van der Waals surface area contributed by atoms with Crippen LogP contribution >= 0.6 is 0 Å². The molecule has 2 rings (SSSR count). The van der Waals surface area contributed by atoms with E-state index in [1.807, 2.05) is 6.92 Å². The Morgan fingerprint density at radius 1 is 1.24 bits per heavy atom. The maximum Gasteiger partial charge on any atom is 0.246 e. The molecule has 2 fully saturated rings. The quantitative estimate of drug-likeness (QED) is 0.693. The fourth-order valence-corrected chi connectivity index (χ4v) is 3.78. The number of hydrogen-bond donors (Lipinski definition) is 1. The predicted molar refractivity (Wildman–Crippen MR) is 78.0 cm³/mol. The van der Waals surface area contributed by atoms with E-state index in [-0.39, 0.29) is 24.3 Å². The Labute approximate surface area is 125 Å². The smallest absolute Gasteiger partial charge is 0.246 e. The first-order chi connectivity index (χ1) is 9.82. The highest BCUT2D eigenvalue weighted by Crippen LogP contribution is 2.18. The van der Waals surface area contributed by atoms with Crippen molar-refractivity contribution >= 4 is 21.8 Å². The number of hydrogen-bond acceptors (Lipinski definition) is 5. The van der Waals surface area contributed by atoms with Crippen LogP contribution in [0.25, 0.3) is 0 Å². The summed E-state index contributed by atoms with van der Waals surface area (Å²) in [5.74, 6) is -0.264. The maximum atomic E-state index is 12.1. The standard InChI is InChI=1S/C13H23N3O4S/c1-3-6-16-12(17)9-11(13(16)18)14-10-4-7-15(8-5-10)21(2,19)20/h10-11,14H,3-9H2,1-2H3. The van der Waals surface area contributed by atoms with Crippen molar-refractivity contribution < 1.29 is 18.0 Å². The molecule has 1 unspecified atom stereocenters. The number of nitrogens with one attached hydrogen (secondary N) is 1. The van der Waals surface area contributed by atoms with Gasteiger partial charge in [-0.15, -0.1) is 0 Å². The van der Waals surface area contributed by atoms with E-state index in [1.165, 1.54) is 15.5 Å². The van der Waals surface area contributed by atoms with Crippen LogP contribution in [-0.4, -0.2) is 67.4 Å². The number of nitrogens with zero attached hydrogens (tertiary/aromatic N) is 2. The summed E-state index contributed by atoms with van der Waals surface area (Å²) in [4.78, 5) is 25.2. The fraction of sp³-hybridized carbons (Fsp3) is 0.846. The Balaban J connectivity index is 1.87. The van der Waals surface area contributed by atoms with Crippen LogP contribution < -0.4 is 5.32 Å². The first kappa shape index (κ1) is 16.4. The average molecular weight is 317 g/mol. The number of sulfonamides is 1. The molecule has 0 bridgehead atoms. The van der Waals surface area contributed by atoms with Gasteiger partial charge in [-0.2, -0.15) is 0 Å². The van der Waals surface area contributed by atoms with Crippen LogP contribution in [0.3, 0.4) is 0 Å². The Hall–Kier alpha value is -0.990. The number of piperidine rings is 1. The molecule has 2 saturated heterocycles. The van der Waals surface area contributed by atoms with Crippen LogP contribution in [0.2, 0.25) is 0 Å². The van der Waals surface area contributed by atoms with Crippen LogP contribution in [0.5, 0.6) is 0 Å². The molecule has 2 amide bonds. The molecule has 0 saturated carbocycles. The predicted octanol–water partition coefficient (Wildman–Crippen LogP) is -0.462. The zero-order valence-corrected chi connectivity index (χ0v) is 13.4. The fourth-order valence-electron chi connectivity index (χ4n) is 2.91. The van der Waals surface area contributed by atoms with Gasteiger partial charge in [-0.05, 0) is 19.3 Å². The summed E-state index contributed by atoms with van der Waals surface area (Å²) >= 11 is 0. The largest absolute Gasteiger partial charge is 0.303 e. The monoisotopic (exact) mass is 317 g/mol. The van der Waals surface area contributed by atoms with E-state index in [1.54, 1.807) is 0 Å². The van der Waals surface area contributed by atoms with E-state index in [9.17, 15) is 18.0 Å². The molecule has 0 radical (unpaired) electrons. The van der Waals surface area contributed by atoms with E-state index in [0.29, 0.717) is 32.5 Å². The molecule has 0 aromatic carbocycles. The highest BCUT2D eigenvalue weighted by molar-refractivity contribution is 7.88. The van der Waals surface area contributed by atoms with Gasteiger partial charge < -0.3 is 5.32 Å². The highest BCUT2D eigenvalue weighted by atomic mass is 32.2. The molecular weight excluding hydrogens is 294 g/mol. The lowest BCUT2D eigenvalue weighted by molar-refractivity contribution is -0.138. The minimum Gasteiger partial charge on any atom is -0.303 e. The van der Waals surface area contributed by atoms with Crippen LogP contribution in [0.4, 0.5) is 0 Å². The Bertz CT molecular complexity index is 512. The number of likely N-dealkylation sites (tertiary alicyclic amines) is 1. The lowest BCUT2D eigenvalue weighted by Gasteiger charge is -2.31. The van der Waals surface area contributed by atoms with Crippen molar-refractivity contribution in [3.05, 3.63) is 0 Å². The number of carbonyl (C=O) groups excluding carboxylic acids is 2. The van der Waals surface area contributed by atoms with Crippen molar-refractivity contribution in [1.82, 2.24) is 14.5 Å². The third-order valence-corrected chi connectivity index (χ3v) is 5.35. The molecular formula is C13H23N3O4S. The lowest BCUT2D eigenvalue weighted by atomic mass is 10.1. The van der Waals surface area contributed by atoms with E-state index < -0.39 is 16.1 Å². The van der Waals surface area contributed by atoms with Gasteiger partial charge in [0.05, 0.1) is 18.7 Å².